The van der Waals surface area contributed by atoms with E-state index in [-0.39, 0.29) is 0 Å². The number of aromatic nitrogens is 5. The van der Waals surface area contributed by atoms with Gasteiger partial charge in [-0.05, 0) is 19.1 Å². The van der Waals surface area contributed by atoms with Gasteiger partial charge in [0.05, 0.1) is 5.69 Å². The van der Waals surface area contributed by atoms with Crippen molar-refractivity contribution in [3.63, 3.8) is 0 Å². The van der Waals surface area contributed by atoms with Crippen molar-refractivity contribution >= 4 is 23.1 Å². The first kappa shape index (κ1) is 15.2. The largest absolute Gasteiger partial charge is 0.378 e. The van der Waals surface area contributed by atoms with Gasteiger partial charge >= 0.3 is 0 Å². The Morgan fingerprint density at radius 2 is 1.92 bits per heavy atom. The second-order valence-corrected chi connectivity index (χ2v) is 6.12. The molecule has 0 fully saturated rings. The number of imidazole rings is 1. The van der Waals surface area contributed by atoms with Gasteiger partial charge < -0.3 is 10.2 Å². The van der Waals surface area contributed by atoms with E-state index in [1.54, 1.807) is 6.20 Å². The molecule has 4 rings (SSSR count). The molecular weight excluding hydrogens is 314 g/mol. The van der Waals surface area contributed by atoms with E-state index in [0.29, 0.717) is 5.95 Å². The van der Waals surface area contributed by atoms with Crippen LogP contribution in [-0.2, 0) is 0 Å². The lowest BCUT2D eigenvalue weighted by atomic mass is 10.1. The molecule has 0 bridgehead atoms. The van der Waals surface area contributed by atoms with Gasteiger partial charge in [-0.3, -0.25) is 9.50 Å². The van der Waals surface area contributed by atoms with Crippen LogP contribution in [0.15, 0.2) is 48.8 Å². The summed E-state index contributed by atoms with van der Waals surface area (Å²) in [6.07, 6.45) is 3.64. The van der Waals surface area contributed by atoms with Gasteiger partial charge in [-0.1, -0.05) is 12.1 Å². The number of nitrogens with one attached hydrogen (secondary N) is 2. The molecule has 0 unspecified atom stereocenters. The minimum Gasteiger partial charge on any atom is -0.378 e. The number of anilines is 3. The third-order valence-electron chi connectivity index (χ3n) is 4.01. The maximum Gasteiger partial charge on any atom is 0.214 e. The molecule has 0 aliphatic heterocycles. The molecule has 1 aromatic carbocycles. The number of hydrogen-bond acceptors (Lipinski definition) is 5. The summed E-state index contributed by atoms with van der Waals surface area (Å²) in [6.45, 7) is 1.96. The van der Waals surface area contributed by atoms with Crippen molar-refractivity contribution in [2.45, 2.75) is 6.92 Å². The van der Waals surface area contributed by atoms with E-state index in [2.05, 4.69) is 49.7 Å². The lowest BCUT2D eigenvalue weighted by Crippen LogP contribution is -2.08. The summed E-state index contributed by atoms with van der Waals surface area (Å²) < 4.78 is 1.90. The summed E-state index contributed by atoms with van der Waals surface area (Å²) in [5.41, 5.74) is 4.86. The molecule has 0 spiro atoms. The Kier molecular flexibility index (Phi) is 3.61. The highest BCUT2D eigenvalue weighted by molar-refractivity contribution is 5.69. The molecule has 0 aliphatic rings. The number of fused-ring (bicyclic) bond motifs is 1. The predicted octanol–water partition coefficient (Wildman–Crippen LogP) is 3.24. The number of aryl methyl sites for hydroxylation is 1. The summed E-state index contributed by atoms with van der Waals surface area (Å²) in [5, 5.41) is 10.4. The molecule has 25 heavy (non-hydrogen) atoms. The zero-order valence-corrected chi connectivity index (χ0v) is 14.4. The predicted molar refractivity (Wildman–Crippen MR) is 99.4 cm³/mol. The standard InChI is InChI=1S/C18H19N7/c1-12-10-16(23-22-12)21-18-20-15(11-17-19-8-9-25(17)18)13-4-6-14(7-5-13)24(2)3/h4-11H,1-3H3,(H2,20,21,22,23). The Hall–Kier alpha value is -3.35. The SMILES string of the molecule is Cc1cc(Nc2nc(-c3ccc(N(C)C)cc3)cc3nccn23)n[nH]1. The van der Waals surface area contributed by atoms with Crippen molar-refractivity contribution < 1.29 is 0 Å². The van der Waals surface area contributed by atoms with Gasteiger partial charge in [0.1, 0.15) is 5.65 Å². The topological polar surface area (TPSA) is 74.1 Å². The van der Waals surface area contributed by atoms with E-state index in [0.717, 1.165) is 34.1 Å². The van der Waals surface area contributed by atoms with E-state index < -0.39 is 0 Å². The average molecular weight is 333 g/mol. The number of nitrogens with zero attached hydrogens (tertiary/aromatic N) is 5. The molecular formula is C18H19N7. The minimum atomic E-state index is 0.674. The monoisotopic (exact) mass is 333 g/mol. The fraction of sp³-hybridized carbons (Fsp3) is 0.167. The van der Waals surface area contributed by atoms with Crippen LogP contribution in [0, 0.1) is 6.92 Å². The van der Waals surface area contributed by atoms with Crippen molar-refractivity contribution in [2.24, 2.45) is 0 Å². The molecule has 3 aromatic heterocycles. The molecule has 0 saturated carbocycles. The molecule has 0 atom stereocenters. The highest BCUT2D eigenvalue weighted by Crippen LogP contribution is 2.25. The molecule has 0 aliphatic carbocycles. The zero-order chi connectivity index (χ0) is 17.4. The molecule has 0 amide bonds. The number of hydrogen-bond donors (Lipinski definition) is 2. The number of benzene rings is 1. The van der Waals surface area contributed by atoms with Crippen LogP contribution in [0.3, 0.4) is 0 Å². The third-order valence-corrected chi connectivity index (χ3v) is 4.01. The average Bonchev–Trinajstić information content (AvgIpc) is 3.23. The first-order chi connectivity index (χ1) is 12.1. The highest BCUT2D eigenvalue weighted by Gasteiger charge is 2.10. The quantitative estimate of drug-likeness (QED) is 0.600. The summed E-state index contributed by atoms with van der Waals surface area (Å²) in [5.74, 6) is 1.40. The van der Waals surface area contributed by atoms with Gasteiger partial charge in [0.2, 0.25) is 5.95 Å². The Balaban J connectivity index is 1.77. The van der Waals surface area contributed by atoms with Crippen LogP contribution in [0.4, 0.5) is 17.5 Å². The number of rotatable bonds is 4. The summed E-state index contributed by atoms with van der Waals surface area (Å²) in [6, 6.07) is 12.2. The summed E-state index contributed by atoms with van der Waals surface area (Å²) in [7, 11) is 4.05. The van der Waals surface area contributed by atoms with Crippen LogP contribution in [0.1, 0.15) is 5.69 Å². The van der Waals surface area contributed by atoms with Crippen LogP contribution in [0.25, 0.3) is 16.9 Å². The van der Waals surface area contributed by atoms with E-state index in [4.69, 9.17) is 4.98 Å². The Bertz CT molecular complexity index is 1010. The van der Waals surface area contributed by atoms with Crippen molar-refractivity contribution in [3.8, 4) is 11.3 Å². The molecule has 7 nitrogen and oxygen atoms in total. The lowest BCUT2D eigenvalue weighted by Gasteiger charge is -2.13. The molecule has 3 heterocycles. The molecule has 7 heteroatoms. The van der Waals surface area contributed by atoms with Crippen LogP contribution in [-0.4, -0.2) is 38.7 Å². The van der Waals surface area contributed by atoms with Gasteiger partial charge in [-0.15, -0.1) is 0 Å². The normalized spacial score (nSPS) is 11.0. The minimum absolute atomic E-state index is 0.674. The van der Waals surface area contributed by atoms with Crippen LogP contribution >= 0.6 is 0 Å². The first-order valence-corrected chi connectivity index (χ1v) is 8.01. The summed E-state index contributed by atoms with van der Waals surface area (Å²) >= 11 is 0. The number of aromatic amines is 1. The molecule has 0 radical (unpaired) electrons. The van der Waals surface area contributed by atoms with Crippen LogP contribution in [0.5, 0.6) is 0 Å². The summed E-state index contributed by atoms with van der Waals surface area (Å²) in [4.78, 5) is 11.2. The van der Waals surface area contributed by atoms with Crippen molar-refractivity contribution in [3.05, 3.63) is 54.5 Å². The van der Waals surface area contributed by atoms with Gasteiger partial charge in [-0.25, -0.2) is 9.97 Å². The molecule has 2 N–H and O–H groups in total. The van der Waals surface area contributed by atoms with Gasteiger partial charge in [0.25, 0.3) is 0 Å². The van der Waals surface area contributed by atoms with E-state index in [1.807, 2.05) is 43.7 Å². The van der Waals surface area contributed by atoms with Crippen molar-refractivity contribution in [1.82, 2.24) is 24.6 Å². The molecule has 0 saturated heterocycles. The lowest BCUT2D eigenvalue weighted by molar-refractivity contribution is 1.03. The first-order valence-electron chi connectivity index (χ1n) is 8.01. The molecule has 4 aromatic rings. The Morgan fingerprint density at radius 3 is 2.60 bits per heavy atom. The van der Waals surface area contributed by atoms with E-state index in [9.17, 15) is 0 Å². The van der Waals surface area contributed by atoms with Crippen molar-refractivity contribution in [2.75, 3.05) is 24.3 Å². The Morgan fingerprint density at radius 1 is 1.12 bits per heavy atom. The van der Waals surface area contributed by atoms with Crippen LogP contribution < -0.4 is 10.2 Å². The van der Waals surface area contributed by atoms with Gasteiger partial charge in [0, 0.05) is 55.6 Å². The van der Waals surface area contributed by atoms with E-state index >= 15 is 0 Å². The zero-order valence-electron chi connectivity index (χ0n) is 14.4. The smallest absolute Gasteiger partial charge is 0.214 e. The maximum absolute atomic E-state index is 4.77. The Labute approximate surface area is 145 Å². The van der Waals surface area contributed by atoms with Gasteiger partial charge in [-0.2, -0.15) is 5.10 Å². The van der Waals surface area contributed by atoms with E-state index in [1.165, 1.54) is 0 Å². The fourth-order valence-corrected chi connectivity index (χ4v) is 2.69. The molecule has 126 valence electrons. The van der Waals surface area contributed by atoms with Gasteiger partial charge in [0.15, 0.2) is 5.82 Å². The highest BCUT2D eigenvalue weighted by atomic mass is 15.3. The van der Waals surface area contributed by atoms with Crippen molar-refractivity contribution in [1.29, 1.82) is 0 Å². The second-order valence-electron chi connectivity index (χ2n) is 6.12. The fourth-order valence-electron chi connectivity index (χ4n) is 2.69. The number of H-pyrrole nitrogens is 1. The third kappa shape index (κ3) is 2.91. The second kappa shape index (κ2) is 5.94. The van der Waals surface area contributed by atoms with Crippen LogP contribution in [0.2, 0.25) is 0 Å². The maximum atomic E-state index is 4.77.